The Labute approximate surface area is 166 Å². The van der Waals surface area contributed by atoms with Gasteiger partial charge in [-0.05, 0) is 61.1 Å². The number of hydrogen-bond acceptors (Lipinski definition) is 3. The predicted octanol–water partition coefficient (Wildman–Crippen LogP) is 4.03. The number of carbonyl (C=O) groups excluding carboxylic acids is 1. The Kier molecular flexibility index (Phi) is 7.64. The second-order valence-corrected chi connectivity index (χ2v) is 7.27. The second-order valence-electron chi connectivity index (χ2n) is 7.27. The smallest absolute Gasteiger partial charge is 0.315 e. The molecule has 0 unspecified atom stereocenters. The Morgan fingerprint density at radius 3 is 2.64 bits per heavy atom. The third kappa shape index (κ3) is 6.51. The minimum absolute atomic E-state index is 0.188. The van der Waals surface area contributed by atoms with E-state index in [1.54, 1.807) is 6.07 Å². The molecule has 1 aliphatic rings. The van der Waals surface area contributed by atoms with Crippen LogP contribution in [0.15, 0.2) is 42.6 Å². The van der Waals surface area contributed by atoms with Crippen LogP contribution in [0.25, 0.3) is 0 Å². The molecule has 1 saturated heterocycles. The van der Waals surface area contributed by atoms with Gasteiger partial charge >= 0.3 is 6.03 Å². The highest BCUT2D eigenvalue weighted by molar-refractivity contribution is 5.73. The molecular weight excluding hydrogens is 355 g/mol. The van der Waals surface area contributed by atoms with Gasteiger partial charge in [-0.1, -0.05) is 25.0 Å². The molecule has 0 spiro atoms. The van der Waals surface area contributed by atoms with E-state index in [0.29, 0.717) is 13.1 Å². The van der Waals surface area contributed by atoms with Gasteiger partial charge < -0.3 is 15.5 Å². The second kappa shape index (κ2) is 10.6. The molecule has 2 heterocycles. The molecule has 3 rings (SSSR count). The van der Waals surface area contributed by atoms with Crippen molar-refractivity contribution >= 4 is 11.8 Å². The summed E-state index contributed by atoms with van der Waals surface area (Å²) in [6, 6.07) is 10.4. The molecule has 28 heavy (non-hydrogen) atoms. The number of hydrogen-bond donors (Lipinski definition) is 2. The molecule has 2 amide bonds. The van der Waals surface area contributed by atoms with Gasteiger partial charge in [-0.2, -0.15) is 0 Å². The van der Waals surface area contributed by atoms with Crippen molar-refractivity contribution in [2.45, 2.75) is 45.1 Å². The van der Waals surface area contributed by atoms with Crippen molar-refractivity contribution < 1.29 is 9.18 Å². The molecule has 5 nitrogen and oxygen atoms in total. The van der Waals surface area contributed by atoms with E-state index in [2.05, 4.69) is 26.6 Å². The number of nitrogens with one attached hydrogen (secondary N) is 2. The fraction of sp³-hybridized carbons (Fsp3) is 0.455. The van der Waals surface area contributed by atoms with Crippen molar-refractivity contribution in [3.63, 3.8) is 0 Å². The zero-order valence-electron chi connectivity index (χ0n) is 16.3. The maximum atomic E-state index is 13.1. The van der Waals surface area contributed by atoms with Gasteiger partial charge in [0.2, 0.25) is 0 Å². The molecule has 0 bridgehead atoms. The summed E-state index contributed by atoms with van der Waals surface area (Å²) in [5.41, 5.74) is 1.99. The number of carbonyl (C=O) groups is 1. The van der Waals surface area contributed by atoms with E-state index in [0.717, 1.165) is 42.9 Å². The Morgan fingerprint density at radius 1 is 1.04 bits per heavy atom. The summed E-state index contributed by atoms with van der Waals surface area (Å²) in [7, 11) is 0. The summed E-state index contributed by atoms with van der Waals surface area (Å²) in [5.74, 6) is 0.775. The van der Waals surface area contributed by atoms with E-state index in [1.165, 1.54) is 37.8 Å². The molecule has 1 aromatic carbocycles. The number of halogens is 1. The number of anilines is 1. The number of aryl methyl sites for hydroxylation is 1. The summed E-state index contributed by atoms with van der Waals surface area (Å²) in [6.45, 7) is 3.13. The summed E-state index contributed by atoms with van der Waals surface area (Å²) in [6.07, 6.45) is 8.32. The van der Waals surface area contributed by atoms with E-state index in [9.17, 15) is 9.18 Å². The highest BCUT2D eigenvalue weighted by Gasteiger charge is 2.11. The number of benzene rings is 1. The van der Waals surface area contributed by atoms with E-state index in [4.69, 9.17) is 0 Å². The topological polar surface area (TPSA) is 57.3 Å². The lowest BCUT2D eigenvalue weighted by molar-refractivity contribution is 0.240. The van der Waals surface area contributed by atoms with Crippen LogP contribution < -0.4 is 15.5 Å². The van der Waals surface area contributed by atoms with Crippen molar-refractivity contribution in [2.75, 3.05) is 24.5 Å². The lowest BCUT2D eigenvalue weighted by Crippen LogP contribution is -2.35. The minimum atomic E-state index is -0.222. The van der Waals surface area contributed by atoms with Gasteiger partial charge in [-0.3, -0.25) is 0 Å². The molecule has 1 fully saturated rings. The van der Waals surface area contributed by atoms with Crippen molar-refractivity contribution in [1.29, 1.82) is 0 Å². The van der Waals surface area contributed by atoms with Gasteiger partial charge in [0.1, 0.15) is 11.6 Å². The van der Waals surface area contributed by atoms with E-state index in [1.807, 2.05) is 18.3 Å². The first-order valence-electron chi connectivity index (χ1n) is 10.2. The van der Waals surface area contributed by atoms with Gasteiger partial charge in [0.25, 0.3) is 0 Å². The first-order valence-corrected chi connectivity index (χ1v) is 10.2. The summed E-state index contributed by atoms with van der Waals surface area (Å²) in [4.78, 5) is 18.8. The molecule has 0 radical (unpaired) electrons. The van der Waals surface area contributed by atoms with E-state index in [-0.39, 0.29) is 11.8 Å². The van der Waals surface area contributed by atoms with Crippen molar-refractivity contribution in [3.8, 4) is 0 Å². The average molecular weight is 384 g/mol. The van der Waals surface area contributed by atoms with Crippen LogP contribution in [0.2, 0.25) is 0 Å². The zero-order chi connectivity index (χ0) is 19.6. The summed E-state index contributed by atoms with van der Waals surface area (Å²) >= 11 is 0. The van der Waals surface area contributed by atoms with Gasteiger partial charge in [0.15, 0.2) is 0 Å². The highest BCUT2D eigenvalue weighted by atomic mass is 19.1. The monoisotopic (exact) mass is 384 g/mol. The minimum Gasteiger partial charge on any atom is -0.357 e. The van der Waals surface area contributed by atoms with Crippen molar-refractivity contribution in [3.05, 3.63) is 59.5 Å². The largest absolute Gasteiger partial charge is 0.357 e. The Morgan fingerprint density at radius 2 is 1.86 bits per heavy atom. The molecule has 150 valence electrons. The Hall–Kier alpha value is -2.63. The van der Waals surface area contributed by atoms with Crippen molar-refractivity contribution in [1.82, 2.24) is 15.6 Å². The van der Waals surface area contributed by atoms with Gasteiger partial charge in [0, 0.05) is 32.4 Å². The molecule has 1 aliphatic heterocycles. The molecule has 2 aromatic rings. The summed E-state index contributed by atoms with van der Waals surface area (Å²) in [5, 5.41) is 5.75. The number of amides is 2. The van der Waals surface area contributed by atoms with Crippen LogP contribution >= 0.6 is 0 Å². The average Bonchev–Trinajstić information content (AvgIpc) is 3.00. The normalized spacial score (nSPS) is 14.4. The van der Waals surface area contributed by atoms with E-state index >= 15 is 0 Å². The van der Waals surface area contributed by atoms with Crippen molar-refractivity contribution in [2.24, 2.45) is 0 Å². The number of aromatic nitrogens is 1. The van der Waals surface area contributed by atoms with Crippen LogP contribution in [0.4, 0.5) is 15.0 Å². The lowest BCUT2D eigenvalue weighted by Gasteiger charge is -2.21. The highest BCUT2D eigenvalue weighted by Crippen LogP contribution is 2.18. The third-order valence-corrected chi connectivity index (χ3v) is 5.01. The third-order valence-electron chi connectivity index (χ3n) is 5.01. The quantitative estimate of drug-likeness (QED) is 0.709. The molecule has 1 aromatic heterocycles. The van der Waals surface area contributed by atoms with Crippen LogP contribution in [0.5, 0.6) is 0 Å². The number of urea groups is 1. The molecule has 0 atom stereocenters. The molecular formula is C22H29FN4O. The van der Waals surface area contributed by atoms with Gasteiger partial charge in [-0.25, -0.2) is 14.2 Å². The van der Waals surface area contributed by atoms with Gasteiger partial charge in [-0.15, -0.1) is 0 Å². The number of nitrogens with zero attached hydrogens (tertiary/aromatic N) is 2. The molecule has 6 heteroatoms. The summed E-state index contributed by atoms with van der Waals surface area (Å²) < 4.78 is 13.1. The molecule has 2 N–H and O–H groups in total. The van der Waals surface area contributed by atoms with Crippen LogP contribution in [-0.4, -0.2) is 30.6 Å². The maximum Gasteiger partial charge on any atom is 0.315 e. The number of pyridine rings is 1. The molecule has 0 aliphatic carbocycles. The van der Waals surface area contributed by atoms with Crippen LogP contribution in [0.1, 0.15) is 43.2 Å². The van der Waals surface area contributed by atoms with Crippen LogP contribution in [0, 0.1) is 5.82 Å². The molecule has 0 saturated carbocycles. The SMILES string of the molecule is O=C(NCCCc1cccc(F)c1)NCc1ccnc(N2CCCCCC2)c1. The van der Waals surface area contributed by atoms with Crippen LogP contribution in [-0.2, 0) is 13.0 Å². The van der Waals surface area contributed by atoms with E-state index < -0.39 is 0 Å². The first kappa shape index (κ1) is 20.1. The fourth-order valence-electron chi connectivity index (χ4n) is 3.47. The number of rotatable bonds is 7. The lowest BCUT2D eigenvalue weighted by atomic mass is 10.1. The Balaban J connectivity index is 1.38. The fourth-order valence-corrected chi connectivity index (χ4v) is 3.47. The Bertz CT molecular complexity index is 760. The van der Waals surface area contributed by atoms with Gasteiger partial charge in [0.05, 0.1) is 0 Å². The predicted molar refractivity (Wildman–Crippen MR) is 110 cm³/mol. The first-order chi connectivity index (χ1) is 13.7. The maximum absolute atomic E-state index is 13.1. The zero-order valence-corrected chi connectivity index (χ0v) is 16.3. The standard InChI is InChI=1S/C22H29FN4O/c23-20-9-5-7-18(15-20)8-6-11-25-22(28)26-17-19-10-12-24-21(16-19)27-13-3-1-2-4-14-27/h5,7,9-10,12,15-16H,1-4,6,8,11,13-14,17H2,(H2,25,26,28). The van der Waals surface area contributed by atoms with Crippen LogP contribution in [0.3, 0.4) is 0 Å².